The number of benzene rings is 1. The summed E-state index contributed by atoms with van der Waals surface area (Å²) in [4.78, 5) is 24.0. The summed E-state index contributed by atoms with van der Waals surface area (Å²) in [5, 5.41) is 17.0. The summed E-state index contributed by atoms with van der Waals surface area (Å²) in [5.74, 6) is -1.80. The molecule has 1 aromatic carbocycles. The van der Waals surface area contributed by atoms with E-state index in [0.717, 1.165) is 12.0 Å². The van der Waals surface area contributed by atoms with Gasteiger partial charge in [0.2, 0.25) is 15.9 Å². The van der Waals surface area contributed by atoms with Crippen molar-refractivity contribution in [1.82, 2.24) is 5.32 Å². The Morgan fingerprint density at radius 1 is 1.25 bits per heavy atom. The maximum absolute atomic E-state index is 12.6. The molecule has 0 spiro atoms. The summed E-state index contributed by atoms with van der Waals surface area (Å²) < 4.78 is 22.3. The molecule has 1 atom stereocenters. The van der Waals surface area contributed by atoms with Crippen LogP contribution in [-0.2, 0) is 26.0 Å². The molecule has 1 aliphatic carbocycles. The van der Waals surface area contributed by atoms with Crippen LogP contribution in [0, 0.1) is 5.41 Å². The lowest BCUT2D eigenvalue weighted by atomic mass is 9.66. The molecular weight excluding hydrogens is 332 g/mol. The fourth-order valence-corrected chi connectivity index (χ4v) is 3.57. The predicted molar refractivity (Wildman–Crippen MR) is 88.6 cm³/mol. The molecule has 1 fully saturated rings. The number of carboxylic acids is 1. The van der Waals surface area contributed by atoms with Crippen LogP contribution in [0.25, 0.3) is 0 Å². The molecule has 24 heavy (non-hydrogen) atoms. The summed E-state index contributed by atoms with van der Waals surface area (Å²) in [5.41, 5.74) is -0.0194. The number of sulfonamides is 1. The number of primary sulfonamides is 1. The molecule has 0 bridgehead atoms. The molecule has 7 nitrogen and oxygen atoms in total. The number of rotatable bonds is 8. The molecule has 0 aliphatic heterocycles. The second-order valence-electron chi connectivity index (χ2n) is 6.30. The highest BCUT2D eigenvalue weighted by molar-refractivity contribution is 7.89. The molecule has 0 unspecified atom stereocenters. The van der Waals surface area contributed by atoms with Gasteiger partial charge in [-0.15, -0.1) is 0 Å². The SMILES string of the molecule is NS(=O)(=O)CCC1(C(=O)N[C@@H](Cc2ccccc2)C(=O)O)CCC1. The first-order valence-electron chi connectivity index (χ1n) is 7.80. The summed E-state index contributed by atoms with van der Waals surface area (Å²) in [6.07, 6.45) is 2.20. The van der Waals surface area contributed by atoms with Crippen LogP contribution in [-0.4, -0.2) is 37.2 Å². The van der Waals surface area contributed by atoms with Crippen molar-refractivity contribution in [3.05, 3.63) is 35.9 Å². The number of hydrogen-bond donors (Lipinski definition) is 3. The average Bonchev–Trinajstić information content (AvgIpc) is 2.45. The minimum atomic E-state index is -3.66. The Kier molecular flexibility index (Phi) is 5.61. The van der Waals surface area contributed by atoms with Crippen molar-refractivity contribution in [2.45, 2.75) is 38.1 Å². The van der Waals surface area contributed by atoms with E-state index >= 15 is 0 Å². The van der Waals surface area contributed by atoms with Gasteiger partial charge in [-0.2, -0.15) is 0 Å². The maximum atomic E-state index is 12.6. The molecule has 0 aromatic heterocycles. The summed E-state index contributed by atoms with van der Waals surface area (Å²) in [6.45, 7) is 0. The van der Waals surface area contributed by atoms with Crippen molar-refractivity contribution in [2.24, 2.45) is 10.6 Å². The zero-order valence-corrected chi connectivity index (χ0v) is 14.1. The van der Waals surface area contributed by atoms with Crippen LogP contribution in [0.1, 0.15) is 31.2 Å². The Morgan fingerprint density at radius 3 is 2.33 bits per heavy atom. The smallest absolute Gasteiger partial charge is 0.326 e. The molecule has 0 radical (unpaired) electrons. The topological polar surface area (TPSA) is 127 Å². The van der Waals surface area contributed by atoms with E-state index in [1.165, 1.54) is 0 Å². The lowest BCUT2D eigenvalue weighted by Crippen LogP contribution is -2.52. The number of aliphatic carboxylic acids is 1. The van der Waals surface area contributed by atoms with E-state index in [4.69, 9.17) is 5.14 Å². The third-order valence-corrected chi connectivity index (χ3v) is 5.32. The second kappa shape index (κ2) is 7.31. The molecule has 1 amide bonds. The Hall–Kier alpha value is -1.93. The van der Waals surface area contributed by atoms with E-state index in [1.807, 2.05) is 6.07 Å². The zero-order chi connectivity index (χ0) is 17.8. The van der Waals surface area contributed by atoms with Crippen molar-refractivity contribution >= 4 is 21.9 Å². The summed E-state index contributed by atoms with van der Waals surface area (Å²) in [7, 11) is -3.66. The Balaban J connectivity index is 2.05. The van der Waals surface area contributed by atoms with Crippen LogP contribution in [0.4, 0.5) is 0 Å². The number of carbonyl (C=O) groups excluding carboxylic acids is 1. The first-order chi connectivity index (χ1) is 11.2. The fraction of sp³-hybridized carbons (Fsp3) is 0.500. The maximum Gasteiger partial charge on any atom is 0.326 e. The molecule has 8 heteroatoms. The third-order valence-electron chi connectivity index (χ3n) is 4.54. The van der Waals surface area contributed by atoms with Crippen LogP contribution >= 0.6 is 0 Å². The molecule has 132 valence electrons. The van der Waals surface area contributed by atoms with E-state index in [2.05, 4.69) is 5.32 Å². The van der Waals surface area contributed by atoms with Crippen molar-refractivity contribution < 1.29 is 23.1 Å². The van der Waals surface area contributed by atoms with Gasteiger partial charge in [-0.1, -0.05) is 36.8 Å². The lowest BCUT2D eigenvalue weighted by molar-refractivity contribution is -0.145. The third kappa shape index (κ3) is 4.78. The van der Waals surface area contributed by atoms with Gasteiger partial charge < -0.3 is 10.4 Å². The van der Waals surface area contributed by atoms with Gasteiger partial charge in [0.05, 0.1) is 11.2 Å². The molecule has 4 N–H and O–H groups in total. The fourth-order valence-electron chi connectivity index (χ4n) is 2.89. The predicted octanol–water partition coefficient (Wildman–Crippen LogP) is 0.647. The normalized spacial score (nSPS) is 17.5. The first kappa shape index (κ1) is 18.4. The molecule has 0 heterocycles. The number of nitrogens with one attached hydrogen (secondary N) is 1. The van der Waals surface area contributed by atoms with E-state index < -0.39 is 33.4 Å². The highest BCUT2D eigenvalue weighted by atomic mass is 32.2. The van der Waals surface area contributed by atoms with Gasteiger partial charge in [0.1, 0.15) is 6.04 Å². The van der Waals surface area contributed by atoms with Gasteiger partial charge in [-0.3, -0.25) is 4.79 Å². The number of carbonyl (C=O) groups is 2. The molecule has 1 aliphatic rings. The van der Waals surface area contributed by atoms with E-state index in [9.17, 15) is 23.1 Å². The van der Waals surface area contributed by atoms with Crippen LogP contribution in [0.15, 0.2) is 30.3 Å². The van der Waals surface area contributed by atoms with Crippen molar-refractivity contribution in [2.75, 3.05) is 5.75 Å². The standard InChI is InChI=1S/C16H22N2O5S/c17-24(22,23)10-9-16(7-4-8-16)15(21)18-13(14(19)20)11-12-5-2-1-3-6-12/h1-3,5-6,13H,4,7-11H2,(H,18,21)(H,19,20)(H2,17,22,23)/t13-/m0/s1. The van der Waals surface area contributed by atoms with Crippen LogP contribution < -0.4 is 10.5 Å². The molecule has 2 rings (SSSR count). The summed E-state index contributed by atoms with van der Waals surface area (Å²) >= 11 is 0. The first-order valence-corrected chi connectivity index (χ1v) is 9.52. The zero-order valence-electron chi connectivity index (χ0n) is 13.3. The molecule has 0 saturated heterocycles. The van der Waals surface area contributed by atoms with Gasteiger partial charge in [-0.05, 0) is 24.8 Å². The van der Waals surface area contributed by atoms with Gasteiger partial charge in [-0.25, -0.2) is 18.4 Å². The number of nitrogens with two attached hydrogens (primary N) is 1. The Morgan fingerprint density at radius 2 is 1.88 bits per heavy atom. The number of amides is 1. The summed E-state index contributed by atoms with van der Waals surface area (Å²) in [6, 6.07) is 7.97. The average molecular weight is 354 g/mol. The van der Waals surface area contributed by atoms with Crippen LogP contribution in [0.3, 0.4) is 0 Å². The minimum absolute atomic E-state index is 0.120. The largest absolute Gasteiger partial charge is 0.480 e. The Labute approximate surface area is 141 Å². The number of carboxylic acid groups (broad SMARTS) is 1. The van der Waals surface area contributed by atoms with Gasteiger partial charge >= 0.3 is 5.97 Å². The van der Waals surface area contributed by atoms with Gasteiger partial charge in [0.15, 0.2) is 0 Å². The highest BCUT2D eigenvalue weighted by Gasteiger charge is 2.45. The Bertz CT molecular complexity index is 698. The van der Waals surface area contributed by atoms with E-state index in [1.54, 1.807) is 24.3 Å². The van der Waals surface area contributed by atoms with Crippen molar-refractivity contribution in [3.8, 4) is 0 Å². The van der Waals surface area contributed by atoms with E-state index in [0.29, 0.717) is 12.8 Å². The lowest BCUT2D eigenvalue weighted by Gasteiger charge is -2.40. The second-order valence-corrected chi connectivity index (χ2v) is 8.04. The minimum Gasteiger partial charge on any atom is -0.480 e. The quantitative estimate of drug-likeness (QED) is 0.632. The van der Waals surface area contributed by atoms with E-state index in [-0.39, 0.29) is 18.6 Å². The molecule has 1 saturated carbocycles. The highest BCUT2D eigenvalue weighted by Crippen LogP contribution is 2.44. The number of hydrogen-bond acceptors (Lipinski definition) is 4. The monoisotopic (exact) mass is 354 g/mol. The van der Waals surface area contributed by atoms with Crippen molar-refractivity contribution in [1.29, 1.82) is 0 Å². The van der Waals surface area contributed by atoms with Crippen molar-refractivity contribution in [3.63, 3.8) is 0 Å². The van der Waals surface area contributed by atoms with Crippen LogP contribution in [0.2, 0.25) is 0 Å². The molecule has 1 aromatic rings. The van der Waals surface area contributed by atoms with Crippen LogP contribution in [0.5, 0.6) is 0 Å². The van der Waals surface area contributed by atoms with Gasteiger partial charge in [0.25, 0.3) is 0 Å². The molecular formula is C16H22N2O5S. The van der Waals surface area contributed by atoms with Gasteiger partial charge in [0, 0.05) is 6.42 Å².